The second-order valence-electron chi connectivity index (χ2n) is 6.28. The molecule has 0 atom stereocenters. The van der Waals surface area contributed by atoms with Crippen molar-refractivity contribution in [2.45, 2.75) is 25.0 Å². The first-order chi connectivity index (χ1) is 11.5. The van der Waals surface area contributed by atoms with Crippen LogP contribution in [0.1, 0.15) is 24.0 Å². The third kappa shape index (κ3) is 3.72. The first-order valence-electron chi connectivity index (χ1n) is 8.03. The van der Waals surface area contributed by atoms with Crippen LogP contribution >= 0.6 is 11.6 Å². The van der Waals surface area contributed by atoms with E-state index in [9.17, 15) is 9.50 Å². The maximum atomic E-state index is 13.8. The van der Waals surface area contributed by atoms with Crippen LogP contribution in [-0.4, -0.2) is 30.2 Å². The molecule has 128 valence electrons. The van der Waals surface area contributed by atoms with Gasteiger partial charge in [0.05, 0.1) is 12.7 Å². The third-order valence-electron chi connectivity index (χ3n) is 4.69. The predicted octanol–water partition coefficient (Wildman–Crippen LogP) is 3.97. The van der Waals surface area contributed by atoms with Gasteiger partial charge in [0.15, 0.2) is 11.6 Å². The minimum Gasteiger partial charge on any atom is -0.494 e. The molecule has 2 aromatic rings. The molecule has 24 heavy (non-hydrogen) atoms. The van der Waals surface area contributed by atoms with Gasteiger partial charge < -0.3 is 9.84 Å². The molecule has 1 N–H and O–H groups in total. The van der Waals surface area contributed by atoms with Crippen LogP contribution in [0.5, 0.6) is 5.75 Å². The summed E-state index contributed by atoms with van der Waals surface area (Å²) in [6.45, 7) is 2.18. The Kier molecular flexibility index (Phi) is 5.09. The molecule has 0 unspecified atom stereocenters. The molecule has 0 aliphatic carbocycles. The van der Waals surface area contributed by atoms with Crippen molar-refractivity contribution in [1.82, 2.24) is 4.90 Å². The monoisotopic (exact) mass is 349 g/mol. The minimum absolute atomic E-state index is 0.259. The number of likely N-dealkylation sites (tertiary alicyclic amines) is 1. The highest BCUT2D eigenvalue weighted by molar-refractivity contribution is 6.30. The molecule has 3 rings (SSSR count). The molecule has 1 aliphatic heterocycles. The van der Waals surface area contributed by atoms with Crippen LogP contribution in [0.4, 0.5) is 4.39 Å². The number of aliphatic hydroxyl groups is 1. The Morgan fingerprint density at radius 3 is 2.42 bits per heavy atom. The smallest absolute Gasteiger partial charge is 0.165 e. The highest BCUT2D eigenvalue weighted by Crippen LogP contribution is 2.34. The van der Waals surface area contributed by atoms with Crippen molar-refractivity contribution in [1.29, 1.82) is 0 Å². The topological polar surface area (TPSA) is 32.7 Å². The fraction of sp³-hybridized carbons (Fsp3) is 0.368. The Labute approximate surface area is 146 Å². The fourth-order valence-electron chi connectivity index (χ4n) is 3.20. The highest BCUT2D eigenvalue weighted by Gasteiger charge is 2.33. The molecule has 0 spiro atoms. The lowest BCUT2D eigenvalue weighted by molar-refractivity contribution is -0.0277. The van der Waals surface area contributed by atoms with Gasteiger partial charge in [-0.2, -0.15) is 0 Å². The van der Waals surface area contributed by atoms with Crippen molar-refractivity contribution in [3.05, 3.63) is 64.4 Å². The van der Waals surface area contributed by atoms with Crippen molar-refractivity contribution < 1.29 is 14.2 Å². The van der Waals surface area contributed by atoms with Crippen molar-refractivity contribution in [3.63, 3.8) is 0 Å². The standard InChI is InChI=1S/C19H21ClFNO2/c1-24-18-7-2-14(12-17(18)21)13-22-10-8-19(23,9-11-22)15-3-5-16(20)6-4-15/h2-7,12,23H,8-11,13H2,1H3. The second kappa shape index (κ2) is 7.09. The van der Waals surface area contributed by atoms with Gasteiger partial charge in [-0.1, -0.05) is 29.8 Å². The largest absolute Gasteiger partial charge is 0.494 e. The van der Waals surface area contributed by atoms with Crippen LogP contribution in [-0.2, 0) is 12.1 Å². The van der Waals surface area contributed by atoms with Crippen LogP contribution in [0.2, 0.25) is 5.02 Å². The number of benzene rings is 2. The predicted molar refractivity (Wildman–Crippen MR) is 92.8 cm³/mol. The van der Waals surface area contributed by atoms with E-state index in [1.165, 1.54) is 13.2 Å². The maximum Gasteiger partial charge on any atom is 0.165 e. The molecule has 0 bridgehead atoms. The molecule has 5 heteroatoms. The number of nitrogens with zero attached hydrogens (tertiary/aromatic N) is 1. The number of rotatable bonds is 4. The number of halogens is 2. The van der Waals surface area contributed by atoms with Gasteiger partial charge in [0, 0.05) is 24.7 Å². The normalized spacial score (nSPS) is 17.7. The van der Waals surface area contributed by atoms with Crippen LogP contribution in [0.25, 0.3) is 0 Å². The van der Waals surface area contributed by atoms with E-state index in [-0.39, 0.29) is 11.6 Å². The molecule has 1 heterocycles. The molecule has 0 amide bonds. The van der Waals surface area contributed by atoms with Gasteiger partial charge >= 0.3 is 0 Å². The summed E-state index contributed by atoms with van der Waals surface area (Å²) in [7, 11) is 1.46. The van der Waals surface area contributed by atoms with Gasteiger partial charge in [-0.05, 0) is 48.2 Å². The van der Waals surface area contributed by atoms with Gasteiger partial charge in [0.1, 0.15) is 0 Å². The zero-order valence-corrected chi connectivity index (χ0v) is 14.4. The molecular weight excluding hydrogens is 329 g/mol. The summed E-state index contributed by atoms with van der Waals surface area (Å²) in [6.07, 6.45) is 1.29. The Bertz CT molecular complexity index is 697. The van der Waals surface area contributed by atoms with Crippen molar-refractivity contribution in [2.75, 3.05) is 20.2 Å². The van der Waals surface area contributed by atoms with E-state index in [4.69, 9.17) is 16.3 Å². The highest BCUT2D eigenvalue weighted by atomic mass is 35.5. The Morgan fingerprint density at radius 2 is 1.83 bits per heavy atom. The summed E-state index contributed by atoms with van der Waals surface area (Å²) in [5.74, 6) is -0.0841. The number of piperidine rings is 1. The summed E-state index contributed by atoms with van der Waals surface area (Å²) in [5.41, 5.74) is 0.999. The number of ether oxygens (including phenoxy) is 1. The quantitative estimate of drug-likeness (QED) is 0.906. The van der Waals surface area contributed by atoms with E-state index in [2.05, 4.69) is 4.90 Å². The summed E-state index contributed by atoms with van der Waals surface area (Å²) in [6, 6.07) is 12.4. The summed E-state index contributed by atoms with van der Waals surface area (Å²) in [4.78, 5) is 2.23. The first kappa shape index (κ1) is 17.2. The van der Waals surface area contributed by atoms with E-state index in [0.29, 0.717) is 24.4 Å². The number of hydrogen-bond acceptors (Lipinski definition) is 3. The van der Waals surface area contributed by atoms with E-state index in [1.54, 1.807) is 18.2 Å². The van der Waals surface area contributed by atoms with E-state index in [0.717, 1.165) is 24.2 Å². The molecule has 0 saturated carbocycles. The Morgan fingerprint density at radius 1 is 1.17 bits per heavy atom. The van der Waals surface area contributed by atoms with Crippen molar-refractivity contribution in [3.8, 4) is 5.75 Å². The first-order valence-corrected chi connectivity index (χ1v) is 8.41. The number of hydrogen-bond donors (Lipinski definition) is 1. The van der Waals surface area contributed by atoms with Crippen molar-refractivity contribution in [2.24, 2.45) is 0 Å². The van der Waals surface area contributed by atoms with Crippen LogP contribution in [0, 0.1) is 5.82 Å². The van der Waals surface area contributed by atoms with Crippen LogP contribution < -0.4 is 4.74 Å². The summed E-state index contributed by atoms with van der Waals surface area (Å²) < 4.78 is 18.7. The fourth-order valence-corrected chi connectivity index (χ4v) is 3.32. The average molecular weight is 350 g/mol. The Hall–Kier alpha value is -1.62. The molecule has 2 aromatic carbocycles. The van der Waals surface area contributed by atoms with Gasteiger partial charge in [-0.3, -0.25) is 4.90 Å². The third-order valence-corrected chi connectivity index (χ3v) is 4.94. The Balaban J connectivity index is 1.62. The molecular formula is C19H21ClFNO2. The van der Waals surface area contributed by atoms with E-state index >= 15 is 0 Å². The zero-order valence-electron chi connectivity index (χ0n) is 13.6. The van der Waals surface area contributed by atoms with E-state index < -0.39 is 5.60 Å². The maximum absolute atomic E-state index is 13.8. The lowest BCUT2D eigenvalue weighted by Gasteiger charge is -2.38. The molecule has 3 nitrogen and oxygen atoms in total. The van der Waals surface area contributed by atoms with Crippen molar-refractivity contribution >= 4 is 11.6 Å². The number of methoxy groups -OCH3 is 1. The summed E-state index contributed by atoms with van der Waals surface area (Å²) in [5, 5.41) is 11.6. The van der Waals surface area contributed by atoms with Gasteiger partial charge in [-0.15, -0.1) is 0 Å². The zero-order chi connectivity index (χ0) is 17.2. The van der Waals surface area contributed by atoms with Crippen LogP contribution in [0.3, 0.4) is 0 Å². The summed E-state index contributed by atoms with van der Waals surface area (Å²) >= 11 is 5.91. The SMILES string of the molecule is COc1ccc(CN2CCC(O)(c3ccc(Cl)cc3)CC2)cc1F. The van der Waals surface area contributed by atoms with E-state index in [1.807, 2.05) is 18.2 Å². The van der Waals surface area contributed by atoms with Gasteiger partial charge in [0.25, 0.3) is 0 Å². The van der Waals surface area contributed by atoms with Crippen LogP contribution in [0.15, 0.2) is 42.5 Å². The second-order valence-corrected chi connectivity index (χ2v) is 6.72. The average Bonchev–Trinajstić information content (AvgIpc) is 2.58. The minimum atomic E-state index is -0.813. The molecule has 1 saturated heterocycles. The molecule has 0 radical (unpaired) electrons. The lowest BCUT2D eigenvalue weighted by Crippen LogP contribution is -2.42. The lowest BCUT2D eigenvalue weighted by atomic mass is 9.84. The molecule has 1 fully saturated rings. The molecule has 0 aromatic heterocycles. The van der Waals surface area contributed by atoms with Gasteiger partial charge in [0.2, 0.25) is 0 Å². The molecule has 1 aliphatic rings. The van der Waals surface area contributed by atoms with Gasteiger partial charge in [-0.25, -0.2) is 4.39 Å².